The van der Waals surface area contributed by atoms with Gasteiger partial charge in [0.1, 0.15) is 0 Å². The third-order valence-electron chi connectivity index (χ3n) is 6.16. The molecule has 1 unspecified atom stereocenters. The van der Waals surface area contributed by atoms with Crippen molar-refractivity contribution in [3.63, 3.8) is 0 Å². The van der Waals surface area contributed by atoms with E-state index >= 15 is 0 Å². The van der Waals surface area contributed by atoms with E-state index in [4.69, 9.17) is 16.1 Å². The topological polar surface area (TPSA) is 114 Å². The molecule has 2 N–H and O–H groups in total. The van der Waals surface area contributed by atoms with Crippen LogP contribution < -0.4 is 10.6 Å². The predicted octanol–water partition coefficient (Wildman–Crippen LogP) is 4.44. The molecule has 1 aromatic heterocycles. The Bertz CT molecular complexity index is 1190. The van der Waals surface area contributed by atoms with Crippen LogP contribution in [0, 0.1) is 0 Å². The van der Waals surface area contributed by atoms with E-state index in [9.17, 15) is 14.4 Å². The average molecular weight is 481 g/mol. The third kappa shape index (κ3) is 5.17. The van der Waals surface area contributed by atoms with E-state index in [2.05, 4.69) is 20.8 Å². The van der Waals surface area contributed by atoms with Gasteiger partial charge in [0, 0.05) is 35.5 Å². The van der Waals surface area contributed by atoms with Gasteiger partial charge in [-0.15, -0.1) is 0 Å². The summed E-state index contributed by atoms with van der Waals surface area (Å²) in [6.45, 7) is 1.94. The van der Waals surface area contributed by atoms with Gasteiger partial charge in [0.2, 0.25) is 29.4 Å². The minimum Gasteiger partial charge on any atom is -0.339 e. The van der Waals surface area contributed by atoms with Gasteiger partial charge in [0.15, 0.2) is 0 Å². The number of benzene rings is 2. The molecule has 2 aromatic carbocycles. The number of anilines is 1. The molecule has 2 heterocycles. The quantitative estimate of drug-likeness (QED) is 0.461. The zero-order valence-corrected chi connectivity index (χ0v) is 19.5. The fourth-order valence-corrected chi connectivity index (χ4v) is 4.26. The molecule has 9 heteroatoms. The Morgan fingerprint density at radius 2 is 1.88 bits per heavy atom. The van der Waals surface area contributed by atoms with E-state index in [0.29, 0.717) is 61.0 Å². The number of carbonyl (C=O) groups excluding carboxylic acids is 3. The molecule has 1 aliphatic rings. The molecule has 1 atom stereocenters. The number of piperidine rings is 1. The lowest BCUT2D eigenvalue weighted by atomic mass is 9.72. The van der Waals surface area contributed by atoms with Crippen LogP contribution in [0.1, 0.15) is 50.5 Å². The zero-order chi connectivity index (χ0) is 24.1. The lowest BCUT2D eigenvalue weighted by molar-refractivity contribution is -0.138. The summed E-state index contributed by atoms with van der Waals surface area (Å²) >= 11 is 5.90. The van der Waals surface area contributed by atoms with Gasteiger partial charge in [-0.25, -0.2) is 0 Å². The van der Waals surface area contributed by atoms with Crippen LogP contribution in [0.15, 0.2) is 53.1 Å². The van der Waals surface area contributed by atoms with Crippen LogP contribution in [0.4, 0.5) is 5.69 Å². The number of halogens is 1. The number of imide groups is 1. The number of hydrogen-bond acceptors (Lipinski definition) is 6. The lowest BCUT2D eigenvalue weighted by Gasteiger charge is -2.35. The van der Waals surface area contributed by atoms with Crippen molar-refractivity contribution in [2.75, 3.05) is 5.32 Å². The number of rotatable bonds is 8. The maximum atomic E-state index is 12.5. The third-order valence-corrected chi connectivity index (χ3v) is 6.41. The zero-order valence-electron chi connectivity index (χ0n) is 18.8. The minimum absolute atomic E-state index is 0.128. The number of aryl methyl sites for hydroxylation is 1. The van der Waals surface area contributed by atoms with Crippen molar-refractivity contribution in [1.29, 1.82) is 0 Å². The number of carbonyl (C=O) groups is 3. The van der Waals surface area contributed by atoms with E-state index in [-0.39, 0.29) is 17.7 Å². The van der Waals surface area contributed by atoms with Crippen molar-refractivity contribution in [3.8, 4) is 11.4 Å². The van der Waals surface area contributed by atoms with Crippen molar-refractivity contribution >= 4 is 35.0 Å². The number of amides is 3. The molecule has 0 saturated carbocycles. The first kappa shape index (κ1) is 23.6. The molecule has 1 fully saturated rings. The van der Waals surface area contributed by atoms with Crippen LogP contribution in [0.2, 0.25) is 5.02 Å². The van der Waals surface area contributed by atoms with Crippen LogP contribution in [0.25, 0.3) is 11.4 Å². The number of nitrogens with one attached hydrogen (secondary N) is 2. The average Bonchev–Trinajstić information content (AvgIpc) is 3.29. The van der Waals surface area contributed by atoms with Crippen molar-refractivity contribution in [1.82, 2.24) is 15.5 Å². The highest BCUT2D eigenvalue weighted by Crippen LogP contribution is 2.36. The maximum absolute atomic E-state index is 12.5. The van der Waals surface area contributed by atoms with Gasteiger partial charge in [-0.2, -0.15) is 4.98 Å². The Morgan fingerprint density at radius 3 is 2.56 bits per heavy atom. The highest BCUT2D eigenvalue weighted by molar-refractivity contribution is 6.30. The Balaban J connectivity index is 1.29. The second-order valence-corrected chi connectivity index (χ2v) is 8.75. The first-order chi connectivity index (χ1) is 16.4. The van der Waals surface area contributed by atoms with Crippen molar-refractivity contribution in [2.24, 2.45) is 0 Å². The summed E-state index contributed by atoms with van der Waals surface area (Å²) in [5.74, 6) is 0.327. The Kier molecular flexibility index (Phi) is 7.07. The summed E-state index contributed by atoms with van der Waals surface area (Å²) in [5.41, 5.74) is 1.58. The van der Waals surface area contributed by atoms with E-state index in [0.717, 1.165) is 11.1 Å². The summed E-state index contributed by atoms with van der Waals surface area (Å²) < 4.78 is 5.28. The fourth-order valence-electron chi connectivity index (χ4n) is 4.13. The SMILES string of the molecule is CCC1(c2ccc(NC(=O)CCCc3nc(-c4ccc(Cl)cc4)no3)cc2)CCC(=O)NC1=O. The summed E-state index contributed by atoms with van der Waals surface area (Å²) in [7, 11) is 0. The molecule has 4 rings (SSSR count). The smallest absolute Gasteiger partial charge is 0.237 e. The second-order valence-electron chi connectivity index (χ2n) is 8.31. The Morgan fingerprint density at radius 1 is 1.15 bits per heavy atom. The minimum atomic E-state index is -0.717. The second kappa shape index (κ2) is 10.2. The van der Waals surface area contributed by atoms with E-state index in [1.54, 1.807) is 24.3 Å². The van der Waals surface area contributed by atoms with Gasteiger partial charge < -0.3 is 9.84 Å². The number of aromatic nitrogens is 2. The van der Waals surface area contributed by atoms with Gasteiger partial charge in [-0.1, -0.05) is 35.8 Å². The Labute approximate surface area is 202 Å². The molecule has 0 radical (unpaired) electrons. The van der Waals surface area contributed by atoms with Crippen LogP contribution in [0.3, 0.4) is 0 Å². The van der Waals surface area contributed by atoms with Crippen LogP contribution >= 0.6 is 11.6 Å². The molecule has 1 aliphatic heterocycles. The molecular formula is C25H25ClN4O4. The van der Waals surface area contributed by atoms with Gasteiger partial charge in [0.25, 0.3) is 0 Å². The number of hydrogen-bond donors (Lipinski definition) is 2. The van der Waals surface area contributed by atoms with Crippen LogP contribution in [-0.4, -0.2) is 27.9 Å². The molecule has 8 nitrogen and oxygen atoms in total. The van der Waals surface area contributed by atoms with Crippen molar-refractivity contribution in [2.45, 2.75) is 50.9 Å². The molecule has 1 saturated heterocycles. The van der Waals surface area contributed by atoms with Crippen molar-refractivity contribution < 1.29 is 18.9 Å². The Hall–Kier alpha value is -3.52. The highest BCUT2D eigenvalue weighted by Gasteiger charge is 2.42. The highest BCUT2D eigenvalue weighted by atomic mass is 35.5. The lowest BCUT2D eigenvalue weighted by Crippen LogP contribution is -2.51. The molecular weight excluding hydrogens is 456 g/mol. The standard InChI is InChI=1S/C25H25ClN4O4/c1-2-25(15-14-21(32)28-24(25)33)17-8-12-19(13-9-17)27-20(31)4-3-5-22-29-23(30-34-22)16-6-10-18(26)11-7-16/h6-13H,2-5,14-15H2,1H3,(H,27,31)(H,28,32,33). The summed E-state index contributed by atoms with van der Waals surface area (Å²) in [5, 5.41) is 9.92. The molecule has 3 amide bonds. The largest absolute Gasteiger partial charge is 0.339 e. The maximum Gasteiger partial charge on any atom is 0.237 e. The van der Waals surface area contributed by atoms with Gasteiger partial charge in [0.05, 0.1) is 5.41 Å². The predicted molar refractivity (Wildman–Crippen MR) is 127 cm³/mol. The molecule has 0 bridgehead atoms. The normalized spacial score (nSPS) is 17.9. The fraction of sp³-hybridized carbons (Fsp3) is 0.320. The molecule has 0 spiro atoms. The first-order valence-corrected chi connectivity index (χ1v) is 11.6. The van der Waals surface area contributed by atoms with E-state index < -0.39 is 5.41 Å². The van der Waals surface area contributed by atoms with Gasteiger partial charge in [-0.05, 0) is 61.2 Å². The van der Waals surface area contributed by atoms with Crippen LogP contribution in [0.5, 0.6) is 0 Å². The molecule has 176 valence electrons. The summed E-state index contributed by atoms with van der Waals surface area (Å²) in [6, 6.07) is 14.4. The molecule has 0 aliphatic carbocycles. The number of nitrogens with zero attached hydrogens (tertiary/aromatic N) is 2. The summed E-state index contributed by atoms with van der Waals surface area (Å²) in [4.78, 5) is 40.8. The van der Waals surface area contributed by atoms with E-state index in [1.807, 2.05) is 31.2 Å². The van der Waals surface area contributed by atoms with Crippen molar-refractivity contribution in [3.05, 3.63) is 65.0 Å². The van der Waals surface area contributed by atoms with Gasteiger partial charge >= 0.3 is 0 Å². The monoisotopic (exact) mass is 480 g/mol. The van der Waals surface area contributed by atoms with Crippen LogP contribution in [-0.2, 0) is 26.2 Å². The van der Waals surface area contributed by atoms with Gasteiger partial charge in [-0.3, -0.25) is 19.7 Å². The van der Waals surface area contributed by atoms with E-state index in [1.165, 1.54) is 0 Å². The molecule has 34 heavy (non-hydrogen) atoms. The molecule has 3 aromatic rings. The first-order valence-electron chi connectivity index (χ1n) is 11.2. The summed E-state index contributed by atoms with van der Waals surface area (Å²) in [6.07, 6.45) is 2.73.